The molecule has 1 aliphatic heterocycles. The Morgan fingerprint density at radius 3 is 2.52 bits per heavy atom. The lowest BCUT2D eigenvalue weighted by Crippen LogP contribution is -2.47. The number of hydrogen-bond acceptors (Lipinski definition) is 3. The first-order valence-electron chi connectivity index (χ1n) is 11.7. The van der Waals surface area contributed by atoms with Gasteiger partial charge in [-0.15, -0.1) is 0 Å². The van der Waals surface area contributed by atoms with Gasteiger partial charge < -0.3 is 10.2 Å². The number of nitrogens with zero attached hydrogens (tertiary/aromatic N) is 3. The zero-order valence-electron chi connectivity index (χ0n) is 19.6. The van der Waals surface area contributed by atoms with E-state index in [0.29, 0.717) is 38.2 Å². The van der Waals surface area contributed by atoms with Crippen molar-refractivity contribution in [3.63, 3.8) is 0 Å². The van der Waals surface area contributed by atoms with Crippen LogP contribution in [0, 0.1) is 5.41 Å². The number of carbonyl (C=O) groups is 2. The molecule has 1 aromatic heterocycles. The standard InChI is InChI=1S/C27H32N4O2/c1-4-31-15-13-24(29-31)25(32)30-16-14-27(19-30,26(33)28-20(2)3)18-21-9-8-12-23(17-21)22-10-6-5-7-11-22/h5-13,15,17,20H,4,14,16,18-19H2,1-3H3,(H,28,33)/t27-/m1/s1. The summed E-state index contributed by atoms with van der Waals surface area (Å²) in [5.41, 5.74) is 3.14. The highest BCUT2D eigenvalue weighted by molar-refractivity contribution is 5.93. The van der Waals surface area contributed by atoms with Crippen molar-refractivity contribution < 1.29 is 9.59 Å². The molecule has 6 heteroatoms. The predicted octanol–water partition coefficient (Wildman–Crippen LogP) is 4.17. The fourth-order valence-electron chi connectivity index (χ4n) is 4.57. The van der Waals surface area contributed by atoms with E-state index in [2.05, 4.69) is 40.7 Å². The molecular weight excluding hydrogens is 412 g/mol. The van der Waals surface area contributed by atoms with Gasteiger partial charge in [-0.05, 0) is 56.4 Å². The van der Waals surface area contributed by atoms with Gasteiger partial charge in [-0.25, -0.2) is 0 Å². The zero-order chi connectivity index (χ0) is 23.4. The molecule has 0 bridgehead atoms. The average Bonchev–Trinajstić information content (AvgIpc) is 3.47. The molecule has 0 spiro atoms. The van der Waals surface area contributed by atoms with Gasteiger partial charge in [0.2, 0.25) is 5.91 Å². The minimum absolute atomic E-state index is 0.0111. The van der Waals surface area contributed by atoms with Crippen LogP contribution in [0.3, 0.4) is 0 Å². The van der Waals surface area contributed by atoms with E-state index >= 15 is 0 Å². The summed E-state index contributed by atoms with van der Waals surface area (Å²) in [5.74, 6) is -0.101. The van der Waals surface area contributed by atoms with Crippen molar-refractivity contribution in [1.29, 1.82) is 0 Å². The first kappa shape index (κ1) is 22.8. The maximum Gasteiger partial charge on any atom is 0.274 e. The second-order valence-corrected chi connectivity index (χ2v) is 9.19. The number of likely N-dealkylation sites (tertiary alicyclic amines) is 1. The van der Waals surface area contributed by atoms with Gasteiger partial charge in [-0.1, -0.05) is 54.6 Å². The molecule has 2 amide bonds. The fraction of sp³-hybridized carbons (Fsp3) is 0.370. The minimum atomic E-state index is -0.664. The van der Waals surface area contributed by atoms with Crippen LogP contribution >= 0.6 is 0 Å². The summed E-state index contributed by atoms with van der Waals surface area (Å²) < 4.78 is 1.75. The van der Waals surface area contributed by atoms with Gasteiger partial charge in [-0.3, -0.25) is 14.3 Å². The van der Waals surface area contributed by atoms with Crippen molar-refractivity contribution in [3.8, 4) is 11.1 Å². The van der Waals surface area contributed by atoms with Crippen molar-refractivity contribution in [1.82, 2.24) is 20.0 Å². The highest BCUT2D eigenvalue weighted by Gasteiger charge is 2.46. The van der Waals surface area contributed by atoms with Crippen molar-refractivity contribution >= 4 is 11.8 Å². The summed E-state index contributed by atoms with van der Waals surface area (Å²) in [6, 6.07) is 20.4. The Labute approximate surface area is 195 Å². The second-order valence-electron chi connectivity index (χ2n) is 9.19. The van der Waals surface area contributed by atoms with Gasteiger partial charge in [0, 0.05) is 31.9 Å². The third-order valence-corrected chi connectivity index (χ3v) is 6.30. The molecular formula is C27H32N4O2. The maximum atomic E-state index is 13.4. The molecule has 0 aliphatic carbocycles. The number of hydrogen-bond donors (Lipinski definition) is 1. The van der Waals surface area contributed by atoms with Crippen LogP contribution in [0.5, 0.6) is 0 Å². The Balaban J connectivity index is 1.59. The van der Waals surface area contributed by atoms with Gasteiger partial charge >= 0.3 is 0 Å². The highest BCUT2D eigenvalue weighted by atomic mass is 16.2. The van der Waals surface area contributed by atoms with Crippen LogP contribution in [0.25, 0.3) is 11.1 Å². The van der Waals surface area contributed by atoms with Crippen LogP contribution in [-0.4, -0.2) is 45.6 Å². The largest absolute Gasteiger partial charge is 0.353 e. The topological polar surface area (TPSA) is 67.2 Å². The van der Waals surface area contributed by atoms with Gasteiger partial charge in [0.15, 0.2) is 0 Å². The smallest absolute Gasteiger partial charge is 0.274 e. The zero-order valence-corrected chi connectivity index (χ0v) is 19.6. The molecule has 0 radical (unpaired) electrons. The first-order valence-corrected chi connectivity index (χ1v) is 11.7. The molecule has 2 aromatic carbocycles. The third-order valence-electron chi connectivity index (χ3n) is 6.30. The predicted molar refractivity (Wildman–Crippen MR) is 130 cm³/mol. The summed E-state index contributed by atoms with van der Waals surface area (Å²) in [6.45, 7) is 7.57. The summed E-state index contributed by atoms with van der Waals surface area (Å²) >= 11 is 0. The Morgan fingerprint density at radius 2 is 1.82 bits per heavy atom. The van der Waals surface area contributed by atoms with Crippen LogP contribution < -0.4 is 5.32 Å². The minimum Gasteiger partial charge on any atom is -0.353 e. The summed E-state index contributed by atoms with van der Waals surface area (Å²) in [5, 5.41) is 7.48. The number of aryl methyl sites for hydroxylation is 1. The molecule has 1 N–H and O–H groups in total. The Morgan fingerprint density at radius 1 is 1.06 bits per heavy atom. The summed E-state index contributed by atoms with van der Waals surface area (Å²) in [4.78, 5) is 28.3. The van der Waals surface area contributed by atoms with Crippen LogP contribution in [0.2, 0.25) is 0 Å². The quantitative estimate of drug-likeness (QED) is 0.595. The maximum absolute atomic E-state index is 13.4. The van der Waals surface area contributed by atoms with E-state index in [-0.39, 0.29) is 17.9 Å². The van der Waals surface area contributed by atoms with E-state index in [1.54, 1.807) is 15.6 Å². The van der Waals surface area contributed by atoms with Gasteiger partial charge in [0.1, 0.15) is 5.69 Å². The van der Waals surface area contributed by atoms with Crippen molar-refractivity contribution in [3.05, 3.63) is 78.1 Å². The third kappa shape index (κ3) is 5.00. The number of nitrogens with one attached hydrogen (secondary N) is 1. The SMILES string of the molecule is CCn1ccc(C(=O)N2CC[C@](Cc3cccc(-c4ccccc4)c3)(C(=O)NC(C)C)C2)n1. The van der Waals surface area contributed by atoms with E-state index < -0.39 is 5.41 Å². The summed E-state index contributed by atoms with van der Waals surface area (Å²) in [6.07, 6.45) is 3.03. The molecule has 0 saturated carbocycles. The molecule has 1 atom stereocenters. The lowest BCUT2D eigenvalue weighted by Gasteiger charge is -2.29. The molecule has 1 saturated heterocycles. The molecule has 1 fully saturated rings. The van der Waals surface area contributed by atoms with E-state index in [1.807, 2.05) is 51.2 Å². The second kappa shape index (κ2) is 9.61. The van der Waals surface area contributed by atoms with Crippen LogP contribution in [-0.2, 0) is 17.8 Å². The fourth-order valence-corrected chi connectivity index (χ4v) is 4.57. The molecule has 0 unspecified atom stereocenters. The Hall–Kier alpha value is -3.41. The van der Waals surface area contributed by atoms with Crippen molar-refractivity contribution in [2.45, 2.75) is 46.2 Å². The molecule has 2 heterocycles. The lowest BCUT2D eigenvalue weighted by atomic mass is 9.79. The lowest BCUT2D eigenvalue weighted by molar-refractivity contribution is -0.130. The number of rotatable bonds is 7. The number of benzene rings is 2. The molecule has 3 aromatic rings. The Bertz CT molecular complexity index is 1120. The Kier molecular flexibility index (Phi) is 6.63. The van der Waals surface area contributed by atoms with Crippen LogP contribution in [0.1, 0.15) is 43.2 Å². The van der Waals surface area contributed by atoms with Crippen molar-refractivity contribution in [2.75, 3.05) is 13.1 Å². The monoisotopic (exact) mass is 444 g/mol. The molecule has 4 rings (SSSR count). The number of amides is 2. The van der Waals surface area contributed by atoms with Crippen LogP contribution in [0.15, 0.2) is 66.9 Å². The highest BCUT2D eigenvalue weighted by Crippen LogP contribution is 2.36. The number of carbonyl (C=O) groups excluding carboxylic acids is 2. The van der Waals surface area contributed by atoms with Gasteiger partial charge in [0.05, 0.1) is 5.41 Å². The van der Waals surface area contributed by atoms with Gasteiger partial charge in [0.25, 0.3) is 5.91 Å². The molecule has 172 valence electrons. The van der Waals surface area contributed by atoms with E-state index in [4.69, 9.17) is 0 Å². The van der Waals surface area contributed by atoms with E-state index in [0.717, 1.165) is 16.7 Å². The van der Waals surface area contributed by atoms with E-state index in [9.17, 15) is 9.59 Å². The van der Waals surface area contributed by atoms with Gasteiger partial charge in [-0.2, -0.15) is 5.10 Å². The average molecular weight is 445 g/mol. The van der Waals surface area contributed by atoms with Crippen molar-refractivity contribution in [2.24, 2.45) is 5.41 Å². The first-order chi connectivity index (χ1) is 15.9. The molecule has 33 heavy (non-hydrogen) atoms. The van der Waals surface area contributed by atoms with E-state index in [1.165, 1.54) is 0 Å². The molecule has 6 nitrogen and oxygen atoms in total. The van der Waals surface area contributed by atoms with Crippen LogP contribution in [0.4, 0.5) is 0 Å². The summed E-state index contributed by atoms with van der Waals surface area (Å²) in [7, 11) is 0. The number of aromatic nitrogens is 2. The normalized spacial score (nSPS) is 18.0. The molecule has 1 aliphatic rings.